The van der Waals surface area contributed by atoms with Crippen molar-refractivity contribution in [2.45, 2.75) is 116 Å². The van der Waals surface area contributed by atoms with Crippen LogP contribution in [0.4, 0.5) is 10.7 Å². The molecule has 1 amide bonds. The van der Waals surface area contributed by atoms with Gasteiger partial charge in [0.25, 0.3) is 10.0 Å². The zero-order valence-corrected chi connectivity index (χ0v) is 31.1. The number of nitrogens with zero attached hydrogens (tertiary/aromatic N) is 2. The Morgan fingerprint density at radius 2 is 1.54 bits per heavy atom. The van der Waals surface area contributed by atoms with E-state index in [1.165, 1.54) is 18.2 Å². The van der Waals surface area contributed by atoms with E-state index in [1.807, 2.05) is 52.8 Å². The first-order chi connectivity index (χ1) is 23.3. The summed E-state index contributed by atoms with van der Waals surface area (Å²) in [5.41, 5.74) is 2.48. The molecule has 2 aromatic carbocycles. The number of ether oxygens (including phenoxy) is 2. The molecule has 1 atom stereocenters. The summed E-state index contributed by atoms with van der Waals surface area (Å²) in [7, 11) is -4.24. The van der Waals surface area contributed by atoms with E-state index in [2.05, 4.69) is 46.1 Å². The number of aromatic carboxylic acids is 1. The number of sulfonamides is 1. The van der Waals surface area contributed by atoms with E-state index in [0.29, 0.717) is 5.69 Å². The van der Waals surface area contributed by atoms with Crippen LogP contribution < -0.4 is 20.1 Å². The lowest BCUT2D eigenvalue weighted by atomic mass is 9.86. The predicted molar refractivity (Wildman–Crippen MR) is 193 cm³/mol. The smallest absolute Gasteiger partial charge is 0.407 e. The van der Waals surface area contributed by atoms with Crippen LogP contribution in [0.15, 0.2) is 53.4 Å². The van der Waals surface area contributed by atoms with E-state index < -0.39 is 27.7 Å². The van der Waals surface area contributed by atoms with E-state index in [4.69, 9.17) is 9.47 Å². The van der Waals surface area contributed by atoms with Crippen molar-refractivity contribution in [3.8, 4) is 17.1 Å². The Balaban J connectivity index is 1.55. The highest BCUT2D eigenvalue weighted by Gasteiger charge is 2.28. The van der Waals surface area contributed by atoms with Gasteiger partial charge in [-0.15, -0.1) is 0 Å². The number of aromatic nitrogens is 2. The Hall–Kier alpha value is -4.23. The van der Waals surface area contributed by atoms with Gasteiger partial charge in [0.15, 0.2) is 0 Å². The second kappa shape index (κ2) is 15.8. The Labute approximate surface area is 295 Å². The quantitative estimate of drug-likeness (QED) is 0.156. The molecule has 12 nitrogen and oxygen atoms in total. The normalized spacial score (nSPS) is 17.4. The predicted octanol–water partition coefficient (Wildman–Crippen LogP) is 6.87. The van der Waals surface area contributed by atoms with Gasteiger partial charge in [-0.1, -0.05) is 45.0 Å². The van der Waals surface area contributed by atoms with Crippen molar-refractivity contribution in [2.24, 2.45) is 5.41 Å². The van der Waals surface area contributed by atoms with E-state index in [1.54, 1.807) is 6.07 Å². The molecule has 1 aliphatic carbocycles. The number of carboxylic acid groups (broad SMARTS) is 1. The number of rotatable bonds is 12. The highest BCUT2D eigenvalue weighted by molar-refractivity contribution is 7.92. The van der Waals surface area contributed by atoms with Crippen LogP contribution in [0.2, 0.25) is 0 Å². The molecule has 0 unspecified atom stereocenters. The summed E-state index contributed by atoms with van der Waals surface area (Å²) in [6, 6.07) is 12.9. The van der Waals surface area contributed by atoms with Gasteiger partial charge in [0.2, 0.25) is 11.8 Å². The molecule has 1 heterocycles. The second-order valence-corrected chi connectivity index (χ2v) is 16.9. The number of amides is 1. The molecule has 50 heavy (non-hydrogen) atoms. The third-order valence-electron chi connectivity index (χ3n) is 8.27. The zero-order valence-electron chi connectivity index (χ0n) is 30.3. The number of aryl methyl sites for hydroxylation is 2. The monoisotopic (exact) mass is 709 g/mol. The average molecular weight is 710 g/mol. The molecule has 0 aliphatic heterocycles. The molecule has 3 aromatic rings. The van der Waals surface area contributed by atoms with Gasteiger partial charge in [0.1, 0.15) is 12.2 Å². The summed E-state index contributed by atoms with van der Waals surface area (Å²) in [4.78, 5) is 32.6. The van der Waals surface area contributed by atoms with Gasteiger partial charge >= 0.3 is 12.1 Å². The van der Waals surface area contributed by atoms with Crippen molar-refractivity contribution in [3.05, 3.63) is 65.2 Å². The molecular formula is C37H51N5O7S. The molecule has 0 spiro atoms. The van der Waals surface area contributed by atoms with Crippen molar-refractivity contribution in [1.29, 1.82) is 0 Å². The molecule has 0 bridgehead atoms. The number of hydrogen-bond acceptors (Lipinski definition) is 9. The molecule has 4 N–H and O–H groups in total. The van der Waals surface area contributed by atoms with Gasteiger partial charge in [-0.25, -0.2) is 27.7 Å². The summed E-state index contributed by atoms with van der Waals surface area (Å²) in [5, 5.41) is 16.2. The van der Waals surface area contributed by atoms with E-state index in [0.717, 1.165) is 54.9 Å². The number of benzene rings is 2. The maximum absolute atomic E-state index is 13.4. The summed E-state index contributed by atoms with van der Waals surface area (Å²) >= 11 is 0. The lowest BCUT2D eigenvalue weighted by molar-refractivity contribution is 0.0487. The molecule has 1 aromatic heterocycles. The Bertz CT molecular complexity index is 1760. The summed E-state index contributed by atoms with van der Waals surface area (Å²) in [6.45, 7) is 16.2. The number of carboxylic acids is 1. The molecule has 0 saturated heterocycles. The fourth-order valence-corrected chi connectivity index (χ4v) is 7.16. The Morgan fingerprint density at radius 3 is 2.14 bits per heavy atom. The first-order valence-corrected chi connectivity index (χ1v) is 18.5. The van der Waals surface area contributed by atoms with E-state index >= 15 is 0 Å². The minimum absolute atomic E-state index is 0.0170. The van der Waals surface area contributed by atoms with E-state index in [9.17, 15) is 23.1 Å². The largest absolute Gasteiger partial charge is 0.478 e. The highest BCUT2D eigenvalue weighted by Crippen LogP contribution is 2.30. The number of carbonyl (C=O) groups is 2. The molecule has 13 heteroatoms. The van der Waals surface area contributed by atoms with Crippen molar-refractivity contribution in [3.63, 3.8) is 0 Å². The third kappa shape index (κ3) is 11.4. The van der Waals surface area contributed by atoms with Crippen molar-refractivity contribution in [2.75, 3.05) is 11.3 Å². The number of hydrogen-bond donors (Lipinski definition) is 4. The molecule has 1 saturated carbocycles. The first-order valence-electron chi connectivity index (χ1n) is 17.0. The van der Waals surface area contributed by atoms with Crippen LogP contribution >= 0.6 is 0 Å². The molecule has 4 rings (SSSR count). The number of anilines is 1. The van der Waals surface area contributed by atoms with Crippen LogP contribution in [0.5, 0.6) is 5.88 Å². The van der Waals surface area contributed by atoms with Crippen LogP contribution in [0.1, 0.15) is 95.1 Å². The van der Waals surface area contributed by atoms with Crippen LogP contribution in [0, 0.1) is 19.3 Å². The van der Waals surface area contributed by atoms with Gasteiger partial charge in [0.05, 0.1) is 16.2 Å². The van der Waals surface area contributed by atoms with Crippen LogP contribution in [0.3, 0.4) is 0 Å². The molecule has 1 fully saturated rings. The van der Waals surface area contributed by atoms with Crippen molar-refractivity contribution >= 4 is 28.0 Å². The van der Waals surface area contributed by atoms with Gasteiger partial charge in [-0.3, -0.25) is 0 Å². The fraction of sp³-hybridized carbons (Fsp3) is 0.514. The lowest BCUT2D eigenvalue weighted by Crippen LogP contribution is -2.48. The standard InChI is InChI=1S/C37H51N5O7S/c1-23-11-9-12-24(2)32(23)30-20-31(41-34(40-30)42-50(46,47)29-14-10-13-25(19-29)33(43)44)48-22-28(21-36(3,4)5)38-26-15-17-27(18-16-26)39-35(45)49-37(6,7)8/h9-14,19-20,26-28,38H,15-18,21-22H2,1-8H3,(H,39,45)(H,43,44)(H,40,41,42)/t26?,27?,28-/m1/s1. The highest BCUT2D eigenvalue weighted by atomic mass is 32.2. The van der Waals surface area contributed by atoms with Gasteiger partial charge < -0.3 is 25.2 Å². The van der Waals surface area contributed by atoms with Crippen LogP contribution in [-0.2, 0) is 14.8 Å². The molecular weight excluding hydrogens is 659 g/mol. The maximum Gasteiger partial charge on any atom is 0.407 e. The Morgan fingerprint density at radius 1 is 0.920 bits per heavy atom. The maximum atomic E-state index is 13.4. The summed E-state index contributed by atoms with van der Waals surface area (Å²) < 4.78 is 41.0. The molecule has 0 radical (unpaired) electrons. The van der Waals surface area contributed by atoms with Crippen molar-refractivity contribution in [1.82, 2.24) is 20.6 Å². The minimum atomic E-state index is -4.24. The average Bonchev–Trinajstić information content (AvgIpc) is 2.99. The minimum Gasteiger partial charge on any atom is -0.478 e. The molecule has 272 valence electrons. The van der Waals surface area contributed by atoms with Gasteiger partial charge in [-0.2, -0.15) is 4.98 Å². The second-order valence-electron chi connectivity index (χ2n) is 15.3. The summed E-state index contributed by atoms with van der Waals surface area (Å²) in [5.74, 6) is -1.24. The number of alkyl carbamates (subject to hydrolysis) is 1. The van der Waals surface area contributed by atoms with Gasteiger partial charge in [0, 0.05) is 29.8 Å². The van der Waals surface area contributed by atoms with E-state index in [-0.39, 0.29) is 52.4 Å². The topological polar surface area (TPSA) is 169 Å². The third-order valence-corrected chi connectivity index (χ3v) is 9.59. The molecule has 1 aliphatic rings. The summed E-state index contributed by atoms with van der Waals surface area (Å²) in [6.07, 6.45) is 3.81. The van der Waals surface area contributed by atoms with Crippen molar-refractivity contribution < 1.29 is 32.6 Å². The zero-order chi connectivity index (χ0) is 36.9. The first kappa shape index (κ1) is 38.6. The fourth-order valence-electron chi connectivity index (χ4n) is 6.17. The number of nitrogens with one attached hydrogen (secondary N) is 3. The van der Waals surface area contributed by atoms with Gasteiger partial charge in [-0.05, 0) is 101 Å². The lowest BCUT2D eigenvalue weighted by Gasteiger charge is -2.34. The SMILES string of the molecule is Cc1cccc(C)c1-c1cc(OC[C@@H](CC(C)(C)C)NC2CCC(NC(=O)OC(C)(C)C)CC2)nc(NS(=O)(=O)c2cccc(C(=O)O)c2)n1. The van der Waals surface area contributed by atoms with Crippen LogP contribution in [-0.4, -0.2) is 65.9 Å². The number of carbonyl (C=O) groups excluding carboxylic acids is 1. The van der Waals surface area contributed by atoms with Crippen LogP contribution in [0.25, 0.3) is 11.3 Å². The Kier molecular flexibility index (Phi) is 12.2.